The molecule has 0 saturated carbocycles. The first-order chi connectivity index (χ1) is 6.73. The number of hydrogen-bond donors (Lipinski definition) is 0. The third kappa shape index (κ3) is 1.83. The first-order valence-electron chi connectivity index (χ1n) is 5.41. The molecule has 0 fully saturated rings. The molecular formula is C13H18Si. The Morgan fingerprint density at radius 1 is 1.36 bits per heavy atom. The molecule has 1 atom stereocenters. The van der Waals surface area contributed by atoms with Crippen LogP contribution in [-0.2, 0) is 12.5 Å². The van der Waals surface area contributed by atoms with Crippen molar-refractivity contribution in [2.75, 3.05) is 0 Å². The zero-order valence-electron chi connectivity index (χ0n) is 8.92. The second-order valence-electron chi connectivity index (χ2n) is 4.75. The van der Waals surface area contributed by atoms with Crippen molar-refractivity contribution < 1.29 is 0 Å². The van der Waals surface area contributed by atoms with Gasteiger partial charge in [0.2, 0.25) is 0 Å². The normalized spacial score (nSPS) is 25.5. The third-order valence-electron chi connectivity index (χ3n) is 3.37. The molecule has 0 aliphatic carbocycles. The standard InChI is InChI=1S/C13H18Si/c1-3-9-14(2)10-8-12-6-4-5-7-13(12)11-14/h3-7H,1,8-11H2,2H3. The van der Waals surface area contributed by atoms with Crippen molar-refractivity contribution in [1.29, 1.82) is 0 Å². The molecule has 1 aliphatic rings. The topological polar surface area (TPSA) is 0 Å². The van der Waals surface area contributed by atoms with Crippen LogP contribution in [0.5, 0.6) is 0 Å². The molecule has 0 aromatic heterocycles. The van der Waals surface area contributed by atoms with Gasteiger partial charge in [0.15, 0.2) is 0 Å². The molecule has 0 N–H and O–H groups in total. The minimum Gasteiger partial charge on any atom is -0.103 e. The Balaban J connectivity index is 2.24. The summed E-state index contributed by atoms with van der Waals surface area (Å²) in [6.07, 6.45) is 3.42. The lowest BCUT2D eigenvalue weighted by Gasteiger charge is -2.32. The van der Waals surface area contributed by atoms with Crippen LogP contribution in [-0.4, -0.2) is 8.07 Å². The van der Waals surface area contributed by atoms with E-state index in [2.05, 4.69) is 43.5 Å². The zero-order chi connectivity index (χ0) is 10.0. The second-order valence-corrected chi connectivity index (χ2v) is 9.63. The highest BCUT2D eigenvalue weighted by Gasteiger charge is 2.30. The van der Waals surface area contributed by atoms with Gasteiger partial charge in [0, 0.05) is 0 Å². The highest BCUT2D eigenvalue weighted by molar-refractivity contribution is 6.78. The van der Waals surface area contributed by atoms with E-state index in [4.69, 9.17) is 0 Å². The minimum atomic E-state index is -1.01. The summed E-state index contributed by atoms with van der Waals surface area (Å²) >= 11 is 0. The van der Waals surface area contributed by atoms with E-state index in [1.165, 1.54) is 24.6 Å². The number of aryl methyl sites for hydroxylation is 1. The average Bonchev–Trinajstić information content (AvgIpc) is 2.17. The molecule has 0 amide bonds. The van der Waals surface area contributed by atoms with Gasteiger partial charge < -0.3 is 0 Å². The monoisotopic (exact) mass is 202 g/mol. The first-order valence-corrected chi connectivity index (χ1v) is 8.53. The lowest BCUT2D eigenvalue weighted by molar-refractivity contribution is 0.984. The summed E-state index contributed by atoms with van der Waals surface area (Å²) in [5.41, 5.74) is 3.19. The molecule has 1 aromatic carbocycles. The van der Waals surface area contributed by atoms with Gasteiger partial charge in [-0.2, -0.15) is 0 Å². The average molecular weight is 202 g/mol. The number of rotatable bonds is 2. The van der Waals surface area contributed by atoms with Gasteiger partial charge in [-0.3, -0.25) is 0 Å². The second kappa shape index (κ2) is 3.74. The van der Waals surface area contributed by atoms with Gasteiger partial charge in [-0.1, -0.05) is 42.9 Å². The molecular weight excluding hydrogens is 184 g/mol. The maximum Gasteiger partial charge on any atom is 0.0589 e. The van der Waals surface area contributed by atoms with Gasteiger partial charge in [-0.25, -0.2) is 0 Å². The van der Waals surface area contributed by atoms with Crippen molar-refractivity contribution in [2.24, 2.45) is 0 Å². The fraction of sp³-hybridized carbons (Fsp3) is 0.385. The predicted octanol–water partition coefficient (Wildman–Crippen LogP) is 3.59. The molecule has 74 valence electrons. The molecule has 0 spiro atoms. The van der Waals surface area contributed by atoms with Crippen LogP contribution < -0.4 is 0 Å². The van der Waals surface area contributed by atoms with Crippen LogP contribution in [0.25, 0.3) is 0 Å². The van der Waals surface area contributed by atoms with Crippen LogP contribution >= 0.6 is 0 Å². The van der Waals surface area contributed by atoms with E-state index in [0.717, 1.165) is 0 Å². The van der Waals surface area contributed by atoms with Gasteiger partial charge in [-0.15, -0.1) is 6.58 Å². The van der Waals surface area contributed by atoms with Crippen molar-refractivity contribution in [2.45, 2.75) is 31.1 Å². The van der Waals surface area contributed by atoms with Gasteiger partial charge >= 0.3 is 0 Å². The predicted molar refractivity (Wildman–Crippen MR) is 65.3 cm³/mol. The Bertz CT molecular complexity index is 343. The molecule has 0 bridgehead atoms. The Kier molecular flexibility index (Phi) is 2.59. The zero-order valence-corrected chi connectivity index (χ0v) is 9.92. The quantitative estimate of drug-likeness (QED) is 0.508. The van der Waals surface area contributed by atoms with Crippen LogP contribution in [0.1, 0.15) is 11.1 Å². The van der Waals surface area contributed by atoms with Gasteiger partial charge in [0.05, 0.1) is 8.07 Å². The lowest BCUT2D eigenvalue weighted by Crippen LogP contribution is -2.36. The highest BCUT2D eigenvalue weighted by Crippen LogP contribution is 2.30. The van der Waals surface area contributed by atoms with Crippen LogP contribution in [0.15, 0.2) is 36.9 Å². The van der Waals surface area contributed by atoms with E-state index in [9.17, 15) is 0 Å². The fourth-order valence-corrected chi connectivity index (χ4v) is 5.84. The number of benzene rings is 1. The summed E-state index contributed by atoms with van der Waals surface area (Å²) in [6.45, 7) is 6.41. The molecule has 1 unspecified atom stereocenters. The van der Waals surface area contributed by atoms with Crippen LogP contribution in [0.4, 0.5) is 0 Å². The molecule has 1 aromatic rings. The number of hydrogen-bond acceptors (Lipinski definition) is 0. The van der Waals surface area contributed by atoms with Gasteiger partial charge in [0.1, 0.15) is 0 Å². The molecule has 1 aliphatic heterocycles. The summed E-state index contributed by atoms with van der Waals surface area (Å²) < 4.78 is 0. The van der Waals surface area contributed by atoms with Crippen molar-refractivity contribution in [3.8, 4) is 0 Å². The summed E-state index contributed by atoms with van der Waals surface area (Å²) in [4.78, 5) is 0. The van der Waals surface area contributed by atoms with E-state index < -0.39 is 8.07 Å². The lowest BCUT2D eigenvalue weighted by atomic mass is 10.1. The van der Waals surface area contributed by atoms with E-state index in [1.807, 2.05) is 0 Å². The first kappa shape index (κ1) is 9.72. The van der Waals surface area contributed by atoms with Gasteiger partial charge in [0.25, 0.3) is 0 Å². The van der Waals surface area contributed by atoms with Crippen molar-refractivity contribution in [3.63, 3.8) is 0 Å². The molecule has 2 rings (SSSR count). The van der Waals surface area contributed by atoms with Crippen LogP contribution in [0.3, 0.4) is 0 Å². The Morgan fingerprint density at radius 3 is 2.79 bits per heavy atom. The number of fused-ring (bicyclic) bond motifs is 1. The molecule has 0 radical (unpaired) electrons. The largest absolute Gasteiger partial charge is 0.103 e. The maximum absolute atomic E-state index is 3.89. The van der Waals surface area contributed by atoms with Crippen LogP contribution in [0, 0.1) is 0 Å². The van der Waals surface area contributed by atoms with Gasteiger partial charge in [-0.05, 0) is 29.6 Å². The highest BCUT2D eigenvalue weighted by atomic mass is 28.3. The number of allylic oxidation sites excluding steroid dienone is 1. The van der Waals surface area contributed by atoms with Crippen molar-refractivity contribution in [3.05, 3.63) is 48.0 Å². The third-order valence-corrected chi connectivity index (χ3v) is 7.34. The molecule has 1 heteroatoms. The van der Waals surface area contributed by atoms with E-state index in [0.29, 0.717) is 0 Å². The van der Waals surface area contributed by atoms with Crippen LogP contribution in [0.2, 0.25) is 18.6 Å². The molecule has 1 heterocycles. The molecule has 14 heavy (non-hydrogen) atoms. The SMILES string of the molecule is C=CC[Si]1(C)CCc2ccccc2C1. The summed E-state index contributed by atoms with van der Waals surface area (Å²) in [5, 5.41) is 0. The van der Waals surface area contributed by atoms with E-state index >= 15 is 0 Å². The molecule has 0 saturated heterocycles. The fourth-order valence-electron chi connectivity index (χ4n) is 2.48. The van der Waals surface area contributed by atoms with E-state index in [-0.39, 0.29) is 0 Å². The smallest absolute Gasteiger partial charge is 0.0589 e. The summed E-state index contributed by atoms with van der Waals surface area (Å²) in [7, 11) is -1.01. The summed E-state index contributed by atoms with van der Waals surface area (Å²) in [6, 6.07) is 13.0. The Hall–Kier alpha value is -0.823. The Morgan fingerprint density at radius 2 is 2.07 bits per heavy atom. The molecule has 0 nitrogen and oxygen atoms in total. The minimum absolute atomic E-state index is 1.01. The van der Waals surface area contributed by atoms with E-state index in [1.54, 1.807) is 11.1 Å². The van der Waals surface area contributed by atoms with Crippen molar-refractivity contribution >= 4 is 8.07 Å². The summed E-state index contributed by atoms with van der Waals surface area (Å²) in [5.74, 6) is 0. The Labute approximate surface area is 87.7 Å². The maximum atomic E-state index is 3.89. The van der Waals surface area contributed by atoms with Crippen molar-refractivity contribution in [1.82, 2.24) is 0 Å².